The van der Waals surface area contributed by atoms with Crippen molar-refractivity contribution in [3.63, 3.8) is 0 Å². The van der Waals surface area contributed by atoms with Gasteiger partial charge in [-0.25, -0.2) is 0 Å². The van der Waals surface area contributed by atoms with Crippen LogP contribution in [0.15, 0.2) is 42.5 Å². The molecule has 2 aromatic carbocycles. The summed E-state index contributed by atoms with van der Waals surface area (Å²) in [5.74, 6) is 3.18. The molecule has 0 aliphatic carbocycles. The third-order valence-corrected chi connectivity index (χ3v) is 6.89. The van der Waals surface area contributed by atoms with Crippen LogP contribution in [0.1, 0.15) is 24.0 Å². The molecule has 2 fully saturated rings. The number of fused-ring (bicyclic) bond motifs is 2. The van der Waals surface area contributed by atoms with Gasteiger partial charge in [0.05, 0.1) is 25.9 Å². The van der Waals surface area contributed by atoms with E-state index in [1.54, 1.807) is 14.2 Å². The van der Waals surface area contributed by atoms with Crippen LogP contribution < -0.4 is 14.8 Å². The van der Waals surface area contributed by atoms with Gasteiger partial charge in [0.2, 0.25) is 0 Å². The fraction of sp³-hybridized carbons (Fsp3) is 0.519. The third kappa shape index (κ3) is 6.40. The predicted molar refractivity (Wildman–Crippen MR) is 132 cm³/mol. The molecule has 2 saturated heterocycles. The summed E-state index contributed by atoms with van der Waals surface area (Å²) in [5.41, 5.74) is 3.10. The molecule has 2 aliphatic rings. The first-order valence-electron chi connectivity index (χ1n) is 12.1. The molecule has 0 spiro atoms. The van der Waals surface area contributed by atoms with Crippen LogP contribution in [0.2, 0.25) is 0 Å². The Hall–Kier alpha value is -2.75. The molecule has 6 nitrogen and oxygen atoms in total. The average Bonchev–Trinajstić information content (AvgIpc) is 2.85. The molecule has 2 bridgehead atoms. The lowest BCUT2D eigenvalue weighted by molar-refractivity contribution is 0.0318. The largest absolute Gasteiger partial charge is 0.493 e. The fourth-order valence-corrected chi connectivity index (χ4v) is 5.38. The molecule has 2 atom stereocenters. The van der Waals surface area contributed by atoms with Gasteiger partial charge in [0.25, 0.3) is 0 Å². The van der Waals surface area contributed by atoms with Crippen molar-refractivity contribution in [2.45, 2.75) is 19.3 Å². The lowest BCUT2D eigenvalue weighted by atomic mass is 9.84. The van der Waals surface area contributed by atoms with E-state index in [0.29, 0.717) is 5.56 Å². The molecule has 0 amide bonds. The Balaban J connectivity index is 1.18. The highest BCUT2D eigenvalue weighted by atomic mass is 16.5. The Bertz CT molecular complexity index is 926. The number of anilines is 1. The quantitative estimate of drug-likeness (QED) is 0.557. The summed E-state index contributed by atoms with van der Waals surface area (Å²) in [5, 5.41) is 12.4. The molecule has 0 saturated carbocycles. The highest BCUT2D eigenvalue weighted by Gasteiger charge is 2.33. The first-order chi connectivity index (χ1) is 16.2. The SMILES string of the molecule is COc1ccc(CCN2CC3CC(CN(CCCNc4ccc(C#N)cc4)C3)C2)cc1OC. The van der Waals surface area contributed by atoms with Gasteiger partial charge < -0.3 is 24.6 Å². The molecule has 6 heteroatoms. The molecule has 0 aromatic heterocycles. The van der Waals surface area contributed by atoms with E-state index in [0.717, 1.165) is 61.5 Å². The van der Waals surface area contributed by atoms with Gasteiger partial charge in [-0.2, -0.15) is 5.26 Å². The molecular formula is C27H36N4O2. The van der Waals surface area contributed by atoms with Crippen LogP contribution in [-0.2, 0) is 6.42 Å². The normalized spacial score (nSPS) is 20.8. The first-order valence-corrected chi connectivity index (χ1v) is 12.1. The number of ether oxygens (including phenoxy) is 2. The van der Waals surface area contributed by atoms with E-state index in [-0.39, 0.29) is 0 Å². The summed E-state index contributed by atoms with van der Waals surface area (Å²) in [6.45, 7) is 8.10. The number of nitriles is 1. The topological polar surface area (TPSA) is 60.8 Å². The lowest BCUT2D eigenvalue weighted by Gasteiger charge is -2.46. The number of nitrogens with zero attached hydrogens (tertiary/aromatic N) is 3. The fourth-order valence-electron chi connectivity index (χ4n) is 5.38. The summed E-state index contributed by atoms with van der Waals surface area (Å²) in [6.07, 6.45) is 3.57. The van der Waals surface area contributed by atoms with Crippen molar-refractivity contribution in [3.05, 3.63) is 53.6 Å². The van der Waals surface area contributed by atoms with Crippen LogP contribution >= 0.6 is 0 Å². The lowest BCUT2D eigenvalue weighted by Crippen LogP contribution is -2.53. The van der Waals surface area contributed by atoms with Crippen LogP contribution in [0.5, 0.6) is 11.5 Å². The maximum atomic E-state index is 8.90. The molecule has 2 unspecified atom stereocenters. The van der Waals surface area contributed by atoms with E-state index >= 15 is 0 Å². The second-order valence-corrected chi connectivity index (χ2v) is 9.40. The molecule has 2 aromatic rings. The van der Waals surface area contributed by atoms with E-state index in [9.17, 15) is 0 Å². The maximum absolute atomic E-state index is 8.90. The highest BCUT2D eigenvalue weighted by molar-refractivity contribution is 5.47. The van der Waals surface area contributed by atoms with Crippen molar-refractivity contribution in [2.24, 2.45) is 11.8 Å². The van der Waals surface area contributed by atoms with Gasteiger partial charge in [-0.05, 0) is 79.6 Å². The van der Waals surface area contributed by atoms with Crippen molar-refractivity contribution in [3.8, 4) is 17.6 Å². The zero-order valence-corrected chi connectivity index (χ0v) is 19.9. The minimum absolute atomic E-state index is 0.707. The summed E-state index contributed by atoms with van der Waals surface area (Å²) >= 11 is 0. The zero-order chi connectivity index (χ0) is 23.0. The Morgan fingerprint density at radius 3 is 2.21 bits per heavy atom. The molecule has 2 heterocycles. The van der Waals surface area contributed by atoms with Crippen LogP contribution in [0.25, 0.3) is 0 Å². The molecule has 176 valence electrons. The molecular weight excluding hydrogens is 412 g/mol. The molecule has 4 rings (SSSR count). The monoisotopic (exact) mass is 448 g/mol. The van der Waals surface area contributed by atoms with E-state index < -0.39 is 0 Å². The molecule has 0 radical (unpaired) electrons. The van der Waals surface area contributed by atoms with E-state index in [4.69, 9.17) is 14.7 Å². The smallest absolute Gasteiger partial charge is 0.160 e. The zero-order valence-electron chi connectivity index (χ0n) is 19.9. The summed E-state index contributed by atoms with van der Waals surface area (Å²) in [6, 6.07) is 16.1. The average molecular weight is 449 g/mol. The minimum Gasteiger partial charge on any atom is -0.493 e. The van der Waals surface area contributed by atoms with Gasteiger partial charge in [-0.15, -0.1) is 0 Å². The predicted octanol–water partition coefficient (Wildman–Crippen LogP) is 3.87. The second-order valence-electron chi connectivity index (χ2n) is 9.40. The van der Waals surface area contributed by atoms with Gasteiger partial charge >= 0.3 is 0 Å². The Morgan fingerprint density at radius 1 is 0.909 bits per heavy atom. The van der Waals surface area contributed by atoms with Crippen molar-refractivity contribution in [1.82, 2.24) is 9.80 Å². The minimum atomic E-state index is 0.707. The number of likely N-dealkylation sites (tertiary alicyclic amines) is 2. The van der Waals surface area contributed by atoms with Crippen molar-refractivity contribution < 1.29 is 9.47 Å². The number of hydrogen-bond acceptors (Lipinski definition) is 6. The van der Waals surface area contributed by atoms with Crippen molar-refractivity contribution >= 4 is 5.69 Å². The molecule has 33 heavy (non-hydrogen) atoms. The van der Waals surface area contributed by atoms with Crippen LogP contribution in [0.3, 0.4) is 0 Å². The number of benzene rings is 2. The number of rotatable bonds is 10. The van der Waals surface area contributed by atoms with Crippen LogP contribution in [0.4, 0.5) is 5.69 Å². The van der Waals surface area contributed by atoms with Gasteiger partial charge in [-0.1, -0.05) is 6.07 Å². The van der Waals surface area contributed by atoms with E-state index in [2.05, 4.69) is 33.3 Å². The van der Waals surface area contributed by atoms with E-state index in [1.165, 1.54) is 38.2 Å². The maximum Gasteiger partial charge on any atom is 0.160 e. The number of piperidine rings is 2. The van der Waals surface area contributed by atoms with Crippen LogP contribution in [0, 0.1) is 23.2 Å². The highest BCUT2D eigenvalue weighted by Crippen LogP contribution is 2.30. The Morgan fingerprint density at radius 2 is 1.58 bits per heavy atom. The van der Waals surface area contributed by atoms with E-state index in [1.807, 2.05) is 30.3 Å². The summed E-state index contributed by atoms with van der Waals surface area (Å²) in [7, 11) is 3.38. The Kier molecular flexibility index (Phi) is 8.09. The third-order valence-electron chi connectivity index (χ3n) is 6.89. The van der Waals surface area contributed by atoms with Gasteiger partial charge in [0.15, 0.2) is 11.5 Å². The number of nitrogens with one attached hydrogen (secondary N) is 1. The first kappa shape index (κ1) is 23.4. The molecule has 2 aliphatic heterocycles. The number of hydrogen-bond donors (Lipinski definition) is 1. The summed E-state index contributed by atoms with van der Waals surface area (Å²) < 4.78 is 10.8. The van der Waals surface area contributed by atoms with Crippen LogP contribution in [-0.4, -0.2) is 69.8 Å². The van der Waals surface area contributed by atoms with Crippen molar-refractivity contribution in [2.75, 3.05) is 65.3 Å². The van der Waals surface area contributed by atoms with Crippen molar-refractivity contribution in [1.29, 1.82) is 5.26 Å². The van der Waals surface area contributed by atoms with Gasteiger partial charge in [0, 0.05) is 45.0 Å². The molecule has 1 N–H and O–H groups in total. The van der Waals surface area contributed by atoms with Gasteiger partial charge in [-0.3, -0.25) is 0 Å². The summed E-state index contributed by atoms with van der Waals surface area (Å²) in [4.78, 5) is 5.34. The second kappa shape index (κ2) is 11.4. The standard InChI is InChI=1S/C27H36N4O2/c1-32-26-9-6-21(15-27(26)33-2)10-13-31-19-23-14-24(20-31)18-30(17-23)12-3-11-29-25-7-4-22(16-28)5-8-25/h4-9,15,23-24,29H,3,10-14,17-20H2,1-2H3. The Labute approximate surface area is 198 Å². The van der Waals surface area contributed by atoms with Gasteiger partial charge in [0.1, 0.15) is 0 Å². The number of methoxy groups -OCH3 is 2.